The zero-order chi connectivity index (χ0) is 26.4. The SMILES string of the molecule is C[C@@H](CO)NC[C@]1(O)C2CC1C[C@@H](S(=O)(=O)c1cc(C(=O)Nc3cc(F)c(F)c(F)c3)ccc1Cl)C2. The fourth-order valence-electron chi connectivity index (χ4n) is 5.07. The van der Waals surface area contributed by atoms with Crippen molar-refractivity contribution in [2.45, 2.75) is 48.0 Å². The fourth-order valence-corrected chi connectivity index (χ4v) is 7.48. The Bertz CT molecular complexity index is 1260. The van der Waals surface area contributed by atoms with Crippen LogP contribution in [-0.2, 0) is 9.84 Å². The zero-order valence-corrected chi connectivity index (χ0v) is 20.8. The predicted molar refractivity (Wildman–Crippen MR) is 127 cm³/mol. The van der Waals surface area contributed by atoms with Gasteiger partial charge in [-0.05, 0) is 56.2 Å². The van der Waals surface area contributed by atoms with Gasteiger partial charge in [-0.3, -0.25) is 4.79 Å². The first-order valence-corrected chi connectivity index (χ1v) is 13.3. The largest absolute Gasteiger partial charge is 0.395 e. The van der Waals surface area contributed by atoms with Crippen LogP contribution in [0.2, 0.25) is 5.02 Å². The Morgan fingerprint density at radius 1 is 1.14 bits per heavy atom. The zero-order valence-electron chi connectivity index (χ0n) is 19.3. The van der Waals surface area contributed by atoms with E-state index >= 15 is 0 Å². The molecule has 196 valence electrons. The monoisotopic (exact) mass is 546 g/mol. The maximum Gasteiger partial charge on any atom is 0.255 e. The van der Waals surface area contributed by atoms with Crippen molar-refractivity contribution in [1.29, 1.82) is 0 Å². The summed E-state index contributed by atoms with van der Waals surface area (Å²) in [5.41, 5.74) is -1.52. The number of aliphatic hydroxyl groups excluding tert-OH is 1. The Kier molecular flexibility index (Phi) is 7.42. The fraction of sp³-hybridized carbons (Fsp3) is 0.458. The molecule has 0 aromatic heterocycles. The summed E-state index contributed by atoms with van der Waals surface area (Å²) in [6, 6.07) is 4.61. The number of aliphatic hydroxyl groups is 2. The molecule has 3 aliphatic rings. The highest BCUT2D eigenvalue weighted by molar-refractivity contribution is 7.92. The molecule has 7 nitrogen and oxygen atoms in total. The molecule has 1 amide bonds. The van der Waals surface area contributed by atoms with Gasteiger partial charge >= 0.3 is 0 Å². The minimum atomic E-state index is -3.98. The smallest absolute Gasteiger partial charge is 0.255 e. The number of anilines is 1. The summed E-state index contributed by atoms with van der Waals surface area (Å²) in [4.78, 5) is 12.4. The Labute approximate surface area is 211 Å². The van der Waals surface area contributed by atoms with E-state index in [4.69, 9.17) is 11.6 Å². The molecular formula is C24H26ClF3N2O5S. The Hall–Kier alpha value is -2.18. The van der Waals surface area contributed by atoms with E-state index in [-0.39, 0.29) is 65.0 Å². The van der Waals surface area contributed by atoms with Gasteiger partial charge in [0.2, 0.25) is 0 Å². The molecule has 0 spiro atoms. The third-order valence-corrected chi connectivity index (χ3v) is 9.92. The van der Waals surface area contributed by atoms with Crippen molar-refractivity contribution in [2.75, 3.05) is 18.5 Å². The third-order valence-electron chi connectivity index (χ3n) is 7.27. The number of halogens is 4. The molecule has 3 atom stereocenters. The third kappa shape index (κ3) is 4.87. The second kappa shape index (κ2) is 9.94. The molecule has 0 aliphatic heterocycles. The predicted octanol–water partition coefficient (Wildman–Crippen LogP) is 3.28. The molecule has 3 saturated carbocycles. The summed E-state index contributed by atoms with van der Waals surface area (Å²) in [6.45, 7) is 1.94. The maximum absolute atomic E-state index is 13.5. The van der Waals surface area contributed by atoms with E-state index in [1.54, 1.807) is 6.92 Å². The average Bonchev–Trinajstić information content (AvgIpc) is 2.85. The quantitative estimate of drug-likeness (QED) is 0.378. The topological polar surface area (TPSA) is 116 Å². The van der Waals surface area contributed by atoms with E-state index in [1.165, 1.54) is 12.1 Å². The molecule has 0 saturated heterocycles. The van der Waals surface area contributed by atoms with Crippen molar-refractivity contribution in [1.82, 2.24) is 5.32 Å². The van der Waals surface area contributed by atoms with E-state index in [1.807, 2.05) is 0 Å². The number of hydrogen-bond acceptors (Lipinski definition) is 6. The summed E-state index contributed by atoms with van der Waals surface area (Å²) < 4.78 is 67.1. The first-order valence-electron chi connectivity index (χ1n) is 11.4. The number of amides is 1. The van der Waals surface area contributed by atoms with Crippen LogP contribution in [-0.4, -0.2) is 54.6 Å². The second-order valence-corrected chi connectivity index (χ2v) is 12.2. The maximum atomic E-state index is 13.5. The van der Waals surface area contributed by atoms with Gasteiger partial charge in [0.05, 0.1) is 27.4 Å². The van der Waals surface area contributed by atoms with Crippen LogP contribution >= 0.6 is 11.6 Å². The molecule has 36 heavy (non-hydrogen) atoms. The molecule has 0 heterocycles. The molecule has 3 fully saturated rings. The first-order chi connectivity index (χ1) is 16.9. The van der Waals surface area contributed by atoms with Crippen LogP contribution in [0.15, 0.2) is 35.2 Å². The summed E-state index contributed by atoms with van der Waals surface area (Å²) in [6.07, 6.45) is 1.12. The van der Waals surface area contributed by atoms with Gasteiger partial charge in [-0.1, -0.05) is 11.6 Å². The number of sulfone groups is 1. The lowest BCUT2D eigenvalue weighted by molar-refractivity contribution is -0.173. The van der Waals surface area contributed by atoms with Gasteiger partial charge in [0.1, 0.15) is 0 Å². The van der Waals surface area contributed by atoms with Gasteiger partial charge in [0.25, 0.3) is 5.91 Å². The first kappa shape index (κ1) is 26.9. The molecule has 2 aromatic carbocycles. The number of rotatable bonds is 8. The molecule has 0 radical (unpaired) electrons. The Morgan fingerprint density at radius 3 is 2.33 bits per heavy atom. The second-order valence-electron chi connectivity index (χ2n) is 9.58. The molecular weight excluding hydrogens is 521 g/mol. The van der Waals surface area contributed by atoms with Crippen LogP contribution in [0.1, 0.15) is 36.5 Å². The van der Waals surface area contributed by atoms with Gasteiger partial charge in [0.15, 0.2) is 27.3 Å². The van der Waals surface area contributed by atoms with Crippen molar-refractivity contribution >= 4 is 33.0 Å². The highest BCUT2D eigenvalue weighted by Gasteiger charge is 2.59. The van der Waals surface area contributed by atoms with Crippen molar-refractivity contribution in [2.24, 2.45) is 11.8 Å². The number of benzene rings is 2. The average molecular weight is 547 g/mol. The minimum absolute atomic E-state index is 0.0848. The van der Waals surface area contributed by atoms with Crippen molar-refractivity contribution in [3.05, 3.63) is 58.4 Å². The number of hydrogen-bond donors (Lipinski definition) is 4. The Balaban J connectivity index is 1.51. The van der Waals surface area contributed by atoms with E-state index in [0.29, 0.717) is 18.6 Å². The minimum Gasteiger partial charge on any atom is -0.395 e. The van der Waals surface area contributed by atoms with E-state index in [0.717, 1.165) is 6.07 Å². The molecule has 2 unspecified atom stereocenters. The number of carbonyl (C=O) groups excluding carboxylic acids is 1. The molecule has 4 N–H and O–H groups in total. The normalized spacial score (nSPS) is 26.2. The highest BCUT2D eigenvalue weighted by Crippen LogP contribution is 2.55. The molecule has 2 aromatic rings. The van der Waals surface area contributed by atoms with Crippen molar-refractivity contribution in [3.8, 4) is 0 Å². The summed E-state index contributed by atoms with van der Waals surface area (Å²) >= 11 is 6.19. The molecule has 5 rings (SSSR count). The summed E-state index contributed by atoms with van der Waals surface area (Å²) in [7, 11) is -3.98. The summed E-state index contributed by atoms with van der Waals surface area (Å²) in [5, 5.41) is 24.6. The van der Waals surface area contributed by atoms with Crippen LogP contribution in [0.5, 0.6) is 0 Å². The number of fused-ring (bicyclic) bond motifs is 2. The lowest BCUT2D eigenvalue weighted by Gasteiger charge is -2.58. The molecule has 3 aliphatic carbocycles. The highest BCUT2D eigenvalue weighted by atomic mass is 35.5. The lowest BCUT2D eigenvalue weighted by atomic mass is 9.53. The Morgan fingerprint density at radius 2 is 1.75 bits per heavy atom. The van der Waals surface area contributed by atoms with Gasteiger partial charge < -0.3 is 20.8 Å². The van der Waals surface area contributed by atoms with E-state index < -0.39 is 44.0 Å². The number of carbonyl (C=O) groups is 1. The van der Waals surface area contributed by atoms with Gasteiger partial charge in [-0.2, -0.15) is 0 Å². The van der Waals surface area contributed by atoms with Gasteiger partial charge in [-0.15, -0.1) is 0 Å². The van der Waals surface area contributed by atoms with Crippen LogP contribution in [0.4, 0.5) is 18.9 Å². The van der Waals surface area contributed by atoms with Crippen molar-refractivity contribution in [3.63, 3.8) is 0 Å². The van der Waals surface area contributed by atoms with Crippen LogP contribution in [0.3, 0.4) is 0 Å². The van der Waals surface area contributed by atoms with Gasteiger partial charge in [-0.25, -0.2) is 21.6 Å². The lowest BCUT2D eigenvalue weighted by Crippen LogP contribution is -2.66. The van der Waals surface area contributed by atoms with E-state index in [2.05, 4.69) is 10.6 Å². The standard InChI is InChI=1S/C24H26ClF3N2O5S/c1-12(10-31)29-11-24(33)14-5-15(24)7-17(6-14)36(34,35)21-4-13(2-3-18(21)25)23(32)30-16-8-19(26)22(28)20(27)9-16/h2-4,8-9,12,14-15,17,29,31,33H,5-7,10-11H2,1H3,(H,30,32)/t12-,14?,15?,17-,24-/m0/s1. The van der Waals surface area contributed by atoms with Crippen LogP contribution in [0.25, 0.3) is 0 Å². The van der Waals surface area contributed by atoms with Crippen LogP contribution < -0.4 is 10.6 Å². The van der Waals surface area contributed by atoms with Gasteiger partial charge in [0, 0.05) is 36.0 Å². The number of nitrogens with one attached hydrogen (secondary N) is 2. The van der Waals surface area contributed by atoms with Crippen molar-refractivity contribution < 1.29 is 36.6 Å². The molecule has 12 heteroatoms. The van der Waals surface area contributed by atoms with E-state index in [9.17, 15) is 36.6 Å². The van der Waals surface area contributed by atoms with Crippen LogP contribution in [0, 0.1) is 29.3 Å². The molecule has 2 bridgehead atoms. The summed E-state index contributed by atoms with van der Waals surface area (Å²) in [5.74, 6) is -6.00.